The summed E-state index contributed by atoms with van der Waals surface area (Å²) in [6.45, 7) is 3.61. The molecule has 0 saturated carbocycles. The number of hydrogen-bond acceptors (Lipinski definition) is 3. The number of halogens is 1. The molecule has 2 aromatic carbocycles. The van der Waals surface area contributed by atoms with Crippen LogP contribution in [0.3, 0.4) is 0 Å². The smallest absolute Gasteiger partial charge is 0.264 e. The Morgan fingerprint density at radius 2 is 1.68 bits per heavy atom. The molecule has 0 atom stereocenters. The predicted molar refractivity (Wildman–Crippen MR) is 87.8 cm³/mol. The molecule has 0 N–H and O–H groups in total. The van der Waals surface area contributed by atoms with E-state index in [0.717, 1.165) is 4.31 Å². The number of para-hydroxylation sites is 1. The maximum Gasteiger partial charge on any atom is 0.264 e. The summed E-state index contributed by atoms with van der Waals surface area (Å²) < 4.78 is 26.8. The predicted octanol–water partition coefficient (Wildman–Crippen LogP) is 3.45. The summed E-state index contributed by atoms with van der Waals surface area (Å²) in [5.74, 6) is 0. The first kappa shape index (κ1) is 16.3. The van der Waals surface area contributed by atoms with Crippen molar-refractivity contribution < 1.29 is 13.2 Å². The van der Waals surface area contributed by atoms with Gasteiger partial charge in [-0.25, -0.2) is 8.42 Å². The van der Waals surface area contributed by atoms with Crippen molar-refractivity contribution in [1.82, 2.24) is 0 Å². The zero-order valence-electron chi connectivity index (χ0n) is 11.6. The first-order valence-electron chi connectivity index (χ1n) is 6.46. The van der Waals surface area contributed by atoms with Crippen LogP contribution >= 0.6 is 11.6 Å². The second-order valence-corrected chi connectivity index (χ2v) is 6.63. The van der Waals surface area contributed by atoms with E-state index in [-0.39, 0.29) is 22.7 Å². The molecule has 0 aliphatic heterocycles. The number of benzene rings is 2. The summed E-state index contributed by atoms with van der Waals surface area (Å²) in [4.78, 5) is 11.7. The second kappa shape index (κ2) is 6.77. The van der Waals surface area contributed by atoms with Gasteiger partial charge >= 0.3 is 0 Å². The largest absolute Gasteiger partial charge is 0.276 e. The minimum atomic E-state index is -3.82. The van der Waals surface area contributed by atoms with Gasteiger partial charge in [-0.05, 0) is 35.9 Å². The molecule has 0 unspecified atom stereocenters. The lowest BCUT2D eigenvalue weighted by atomic mass is 10.2. The van der Waals surface area contributed by atoms with Gasteiger partial charge in [-0.3, -0.25) is 9.10 Å². The van der Waals surface area contributed by atoms with Crippen LogP contribution < -0.4 is 4.31 Å². The zero-order valence-corrected chi connectivity index (χ0v) is 13.2. The minimum absolute atomic E-state index is 0.0262. The van der Waals surface area contributed by atoms with Crippen molar-refractivity contribution in [3.05, 3.63) is 72.8 Å². The summed E-state index contributed by atoms with van der Waals surface area (Å²) in [6.07, 6.45) is 1.45. The number of nitrogens with zero attached hydrogens (tertiary/aromatic N) is 1. The van der Waals surface area contributed by atoms with E-state index < -0.39 is 15.3 Å². The molecular formula is C16H14ClNO3S. The van der Waals surface area contributed by atoms with Gasteiger partial charge in [0.25, 0.3) is 15.3 Å². The molecule has 4 nitrogen and oxygen atoms in total. The van der Waals surface area contributed by atoms with Crippen molar-refractivity contribution in [3.63, 3.8) is 0 Å². The van der Waals surface area contributed by atoms with E-state index >= 15 is 0 Å². The van der Waals surface area contributed by atoms with Crippen LogP contribution in [0.15, 0.2) is 72.1 Å². The molecule has 2 aromatic rings. The van der Waals surface area contributed by atoms with Gasteiger partial charge in [-0.1, -0.05) is 36.4 Å². The van der Waals surface area contributed by atoms with Gasteiger partial charge in [0.15, 0.2) is 0 Å². The summed E-state index contributed by atoms with van der Waals surface area (Å²) in [5, 5.41) is -0.715. The molecule has 0 heterocycles. The first-order valence-corrected chi connectivity index (χ1v) is 8.28. The highest BCUT2D eigenvalue weighted by atomic mass is 35.5. The SMILES string of the molecule is C=CCN(c1ccccc1C(=O)Cl)S(=O)(=O)c1ccccc1. The molecule has 0 aliphatic carbocycles. The van der Waals surface area contributed by atoms with Gasteiger partial charge in [0.05, 0.1) is 22.7 Å². The van der Waals surface area contributed by atoms with E-state index in [1.807, 2.05) is 0 Å². The Morgan fingerprint density at radius 3 is 2.27 bits per heavy atom. The molecule has 0 bridgehead atoms. The van der Waals surface area contributed by atoms with Crippen molar-refractivity contribution in [2.24, 2.45) is 0 Å². The van der Waals surface area contributed by atoms with Crippen molar-refractivity contribution in [1.29, 1.82) is 0 Å². The lowest BCUT2D eigenvalue weighted by molar-refractivity contribution is 0.108. The van der Waals surface area contributed by atoms with E-state index in [1.165, 1.54) is 24.3 Å². The van der Waals surface area contributed by atoms with E-state index in [0.29, 0.717) is 0 Å². The highest BCUT2D eigenvalue weighted by Gasteiger charge is 2.26. The quantitative estimate of drug-likeness (QED) is 0.600. The van der Waals surface area contributed by atoms with Crippen LogP contribution in [-0.2, 0) is 10.0 Å². The molecule has 2 rings (SSSR count). The van der Waals surface area contributed by atoms with Crippen molar-refractivity contribution >= 4 is 32.6 Å². The average Bonchev–Trinajstić information content (AvgIpc) is 2.53. The molecule has 6 heteroatoms. The molecule has 114 valence electrons. The van der Waals surface area contributed by atoms with E-state index in [1.54, 1.807) is 36.4 Å². The van der Waals surface area contributed by atoms with Crippen molar-refractivity contribution in [3.8, 4) is 0 Å². The molecular weight excluding hydrogens is 322 g/mol. The lowest BCUT2D eigenvalue weighted by Crippen LogP contribution is -2.32. The second-order valence-electron chi connectivity index (χ2n) is 4.43. The average molecular weight is 336 g/mol. The first-order chi connectivity index (χ1) is 10.5. The van der Waals surface area contributed by atoms with E-state index in [4.69, 9.17) is 11.6 Å². The molecule has 22 heavy (non-hydrogen) atoms. The minimum Gasteiger partial charge on any atom is -0.276 e. The molecule has 0 radical (unpaired) electrons. The molecule has 0 aromatic heterocycles. The van der Waals surface area contributed by atoms with Crippen LogP contribution in [0.1, 0.15) is 10.4 Å². The van der Waals surface area contributed by atoms with Gasteiger partial charge in [-0.15, -0.1) is 6.58 Å². The fourth-order valence-electron chi connectivity index (χ4n) is 2.02. The third kappa shape index (κ3) is 3.21. The van der Waals surface area contributed by atoms with Gasteiger partial charge in [0.2, 0.25) is 0 Å². The molecule has 0 spiro atoms. The van der Waals surface area contributed by atoms with E-state index in [2.05, 4.69) is 6.58 Å². The van der Waals surface area contributed by atoms with Crippen LogP contribution in [0.2, 0.25) is 0 Å². The summed E-state index contributed by atoms with van der Waals surface area (Å²) in [7, 11) is -3.82. The van der Waals surface area contributed by atoms with Gasteiger partial charge in [-0.2, -0.15) is 0 Å². The maximum absolute atomic E-state index is 12.8. The number of anilines is 1. The molecule has 0 saturated heterocycles. The molecule has 0 fully saturated rings. The maximum atomic E-state index is 12.8. The Kier molecular flexibility index (Phi) is 5.00. The Labute approximate surface area is 134 Å². The number of sulfonamides is 1. The lowest BCUT2D eigenvalue weighted by Gasteiger charge is -2.24. The van der Waals surface area contributed by atoms with E-state index in [9.17, 15) is 13.2 Å². The summed E-state index contributed by atoms with van der Waals surface area (Å²) >= 11 is 5.56. The molecule has 0 amide bonds. The van der Waals surface area contributed by atoms with Crippen molar-refractivity contribution in [2.75, 3.05) is 10.8 Å². The Bertz CT molecular complexity index is 788. The third-order valence-electron chi connectivity index (χ3n) is 3.01. The summed E-state index contributed by atoms with van der Waals surface area (Å²) in [5.41, 5.74) is 0.358. The van der Waals surface area contributed by atoms with Gasteiger partial charge < -0.3 is 0 Å². The number of rotatable bonds is 6. The summed E-state index contributed by atoms with van der Waals surface area (Å²) in [6, 6.07) is 14.3. The zero-order chi connectivity index (χ0) is 16.2. The number of carbonyl (C=O) groups is 1. The van der Waals surface area contributed by atoms with Crippen LogP contribution in [0, 0.1) is 0 Å². The standard InChI is InChI=1S/C16H14ClNO3S/c1-2-12-18(15-11-7-6-10-14(15)16(17)19)22(20,21)13-8-4-3-5-9-13/h2-11H,1,12H2. The fraction of sp³-hybridized carbons (Fsp3) is 0.0625. The van der Waals surface area contributed by atoms with Crippen LogP contribution in [0.25, 0.3) is 0 Å². The molecule has 0 aliphatic rings. The topological polar surface area (TPSA) is 54.5 Å². The Balaban J connectivity index is 2.62. The third-order valence-corrected chi connectivity index (χ3v) is 5.01. The Morgan fingerprint density at radius 1 is 1.09 bits per heavy atom. The normalized spacial score (nSPS) is 11.0. The number of hydrogen-bond donors (Lipinski definition) is 0. The Hall–Kier alpha value is -2.11. The fourth-order valence-corrected chi connectivity index (χ4v) is 3.66. The highest BCUT2D eigenvalue weighted by molar-refractivity contribution is 7.92. The monoisotopic (exact) mass is 335 g/mol. The van der Waals surface area contributed by atoms with Gasteiger partial charge in [0, 0.05) is 0 Å². The highest BCUT2D eigenvalue weighted by Crippen LogP contribution is 2.28. The van der Waals surface area contributed by atoms with Crippen molar-refractivity contribution in [2.45, 2.75) is 4.90 Å². The van der Waals surface area contributed by atoms with Crippen LogP contribution in [-0.4, -0.2) is 20.2 Å². The van der Waals surface area contributed by atoms with Gasteiger partial charge in [0.1, 0.15) is 0 Å². The number of carbonyl (C=O) groups excluding carboxylic acids is 1. The van der Waals surface area contributed by atoms with Crippen LogP contribution in [0.4, 0.5) is 5.69 Å². The van der Waals surface area contributed by atoms with Crippen LogP contribution in [0.5, 0.6) is 0 Å².